The van der Waals surface area contributed by atoms with E-state index in [4.69, 9.17) is 0 Å². The molecule has 1 unspecified atom stereocenters. The smallest absolute Gasteiger partial charge is 0.0295 e. The van der Waals surface area contributed by atoms with Crippen molar-refractivity contribution in [3.05, 3.63) is 46.5 Å². The summed E-state index contributed by atoms with van der Waals surface area (Å²) in [6, 6.07) is 9.12. The average molecular weight is 268 g/mol. The molecule has 1 nitrogen and oxygen atoms in total. The second kappa shape index (κ2) is 6.09. The first-order chi connectivity index (χ1) is 7.13. The molecule has 0 fully saturated rings. The van der Waals surface area contributed by atoms with E-state index in [-0.39, 0.29) is 0 Å². The van der Waals surface area contributed by atoms with Crippen LogP contribution in [0, 0.1) is 0 Å². The van der Waals surface area contributed by atoms with Crippen LogP contribution in [0.4, 0.5) is 0 Å². The Morgan fingerprint density at radius 1 is 1.40 bits per heavy atom. The van der Waals surface area contributed by atoms with E-state index in [1.54, 1.807) is 0 Å². The van der Waals surface area contributed by atoms with Crippen LogP contribution in [-0.4, -0.2) is 6.54 Å². The van der Waals surface area contributed by atoms with Crippen LogP contribution in [0.25, 0.3) is 0 Å². The molecule has 1 atom stereocenters. The first-order valence-corrected chi connectivity index (χ1v) is 6.08. The maximum atomic E-state index is 3.80. The molecule has 0 radical (unpaired) electrons. The summed E-state index contributed by atoms with van der Waals surface area (Å²) in [4.78, 5) is 0. The number of benzene rings is 1. The summed E-state index contributed by atoms with van der Waals surface area (Å²) in [5.74, 6) is 0. The van der Waals surface area contributed by atoms with E-state index in [0.717, 1.165) is 17.4 Å². The van der Waals surface area contributed by atoms with Gasteiger partial charge in [-0.25, -0.2) is 0 Å². The highest BCUT2D eigenvalue weighted by Crippen LogP contribution is 2.14. The van der Waals surface area contributed by atoms with Crippen LogP contribution in [-0.2, 0) is 6.42 Å². The molecule has 0 aliphatic rings. The van der Waals surface area contributed by atoms with Gasteiger partial charge < -0.3 is 5.32 Å². The Balaban J connectivity index is 2.57. The standard InChI is InChI=1S/C13H18BrN/c1-4-12-5-7-13(8-6-12)11(3)15-9-10(2)14/h5-8,11,15H,2,4,9H2,1,3H3. The lowest BCUT2D eigenvalue weighted by molar-refractivity contribution is 0.615. The van der Waals surface area contributed by atoms with Crippen LogP contribution in [0.3, 0.4) is 0 Å². The summed E-state index contributed by atoms with van der Waals surface area (Å²) in [7, 11) is 0. The van der Waals surface area contributed by atoms with Gasteiger partial charge in [0.2, 0.25) is 0 Å². The third kappa shape index (κ3) is 4.18. The quantitative estimate of drug-likeness (QED) is 0.856. The molecule has 1 N–H and O–H groups in total. The minimum absolute atomic E-state index is 0.366. The van der Waals surface area contributed by atoms with Crippen molar-refractivity contribution in [2.45, 2.75) is 26.3 Å². The molecule has 1 aromatic carbocycles. The van der Waals surface area contributed by atoms with Crippen molar-refractivity contribution in [3.63, 3.8) is 0 Å². The van der Waals surface area contributed by atoms with E-state index < -0.39 is 0 Å². The summed E-state index contributed by atoms with van der Waals surface area (Å²) in [6.45, 7) is 8.94. The highest BCUT2D eigenvalue weighted by atomic mass is 79.9. The molecule has 0 aliphatic heterocycles. The Morgan fingerprint density at radius 3 is 2.47 bits per heavy atom. The zero-order valence-electron chi connectivity index (χ0n) is 9.39. The third-order valence-electron chi connectivity index (χ3n) is 2.49. The molecule has 15 heavy (non-hydrogen) atoms. The highest BCUT2D eigenvalue weighted by Gasteiger charge is 2.03. The lowest BCUT2D eigenvalue weighted by Gasteiger charge is -2.14. The molecular weight excluding hydrogens is 250 g/mol. The van der Waals surface area contributed by atoms with Gasteiger partial charge in [-0.1, -0.05) is 53.7 Å². The van der Waals surface area contributed by atoms with E-state index in [2.05, 4.69) is 65.9 Å². The molecule has 2 heteroatoms. The molecule has 0 aromatic heterocycles. The zero-order valence-corrected chi connectivity index (χ0v) is 11.0. The predicted octanol–water partition coefficient (Wildman–Crippen LogP) is 3.81. The van der Waals surface area contributed by atoms with Crippen molar-refractivity contribution in [1.82, 2.24) is 5.32 Å². The van der Waals surface area contributed by atoms with Gasteiger partial charge in [0, 0.05) is 17.1 Å². The number of nitrogens with one attached hydrogen (secondary N) is 1. The highest BCUT2D eigenvalue weighted by molar-refractivity contribution is 9.11. The van der Waals surface area contributed by atoms with Crippen molar-refractivity contribution in [1.29, 1.82) is 0 Å². The Kier molecular flexibility index (Phi) is 5.06. The molecule has 0 heterocycles. The van der Waals surface area contributed by atoms with Crippen LogP contribution in [0.2, 0.25) is 0 Å². The molecular formula is C13H18BrN. The molecule has 0 bridgehead atoms. The molecule has 0 saturated heterocycles. The second-order valence-electron chi connectivity index (χ2n) is 3.71. The monoisotopic (exact) mass is 267 g/mol. The van der Waals surface area contributed by atoms with Gasteiger partial charge in [-0.2, -0.15) is 0 Å². The summed E-state index contributed by atoms with van der Waals surface area (Å²) < 4.78 is 0.986. The number of hydrogen-bond donors (Lipinski definition) is 1. The molecule has 0 saturated carbocycles. The zero-order chi connectivity index (χ0) is 11.3. The minimum atomic E-state index is 0.366. The van der Waals surface area contributed by atoms with Gasteiger partial charge in [-0.15, -0.1) is 0 Å². The van der Waals surface area contributed by atoms with E-state index in [0.29, 0.717) is 6.04 Å². The van der Waals surface area contributed by atoms with Gasteiger partial charge in [0.1, 0.15) is 0 Å². The number of halogens is 1. The van der Waals surface area contributed by atoms with Gasteiger partial charge in [-0.05, 0) is 24.5 Å². The maximum Gasteiger partial charge on any atom is 0.0295 e. The lowest BCUT2D eigenvalue weighted by Crippen LogP contribution is -2.19. The first kappa shape index (κ1) is 12.5. The van der Waals surface area contributed by atoms with E-state index in [9.17, 15) is 0 Å². The fourth-order valence-electron chi connectivity index (χ4n) is 1.42. The first-order valence-electron chi connectivity index (χ1n) is 5.29. The Bertz CT molecular complexity index is 316. The van der Waals surface area contributed by atoms with Crippen molar-refractivity contribution in [2.24, 2.45) is 0 Å². The van der Waals surface area contributed by atoms with Gasteiger partial charge in [0.25, 0.3) is 0 Å². The molecule has 0 amide bonds. The normalized spacial score (nSPS) is 12.5. The maximum absolute atomic E-state index is 3.80. The van der Waals surface area contributed by atoms with Gasteiger partial charge in [0.05, 0.1) is 0 Å². The largest absolute Gasteiger partial charge is 0.306 e. The van der Waals surface area contributed by atoms with Crippen LogP contribution >= 0.6 is 15.9 Å². The Labute approximate surface area is 101 Å². The molecule has 1 rings (SSSR count). The molecule has 0 aliphatic carbocycles. The summed E-state index contributed by atoms with van der Waals surface area (Å²) in [5, 5.41) is 3.39. The van der Waals surface area contributed by atoms with Crippen molar-refractivity contribution >= 4 is 15.9 Å². The van der Waals surface area contributed by atoms with Crippen molar-refractivity contribution < 1.29 is 0 Å². The summed E-state index contributed by atoms with van der Waals surface area (Å²) >= 11 is 3.34. The molecule has 0 spiro atoms. The third-order valence-corrected chi connectivity index (χ3v) is 2.77. The predicted molar refractivity (Wildman–Crippen MR) is 70.3 cm³/mol. The van der Waals surface area contributed by atoms with E-state index in [1.807, 2.05) is 0 Å². The van der Waals surface area contributed by atoms with E-state index >= 15 is 0 Å². The van der Waals surface area contributed by atoms with Gasteiger partial charge in [-0.3, -0.25) is 0 Å². The summed E-state index contributed by atoms with van der Waals surface area (Å²) in [6.07, 6.45) is 1.10. The van der Waals surface area contributed by atoms with E-state index in [1.165, 1.54) is 11.1 Å². The average Bonchev–Trinajstić information content (AvgIpc) is 2.26. The van der Waals surface area contributed by atoms with Crippen molar-refractivity contribution in [3.8, 4) is 0 Å². The Hall–Kier alpha value is -0.600. The van der Waals surface area contributed by atoms with Crippen LogP contribution in [0.5, 0.6) is 0 Å². The number of hydrogen-bond acceptors (Lipinski definition) is 1. The SMILES string of the molecule is C=C(Br)CNC(C)c1ccc(CC)cc1. The lowest BCUT2D eigenvalue weighted by atomic mass is 10.1. The van der Waals surface area contributed by atoms with Gasteiger partial charge >= 0.3 is 0 Å². The van der Waals surface area contributed by atoms with Gasteiger partial charge in [0.15, 0.2) is 0 Å². The number of aryl methyl sites for hydroxylation is 1. The summed E-state index contributed by atoms with van der Waals surface area (Å²) in [5.41, 5.74) is 2.71. The fraction of sp³-hybridized carbons (Fsp3) is 0.385. The number of rotatable bonds is 5. The minimum Gasteiger partial charge on any atom is -0.306 e. The fourth-order valence-corrected chi connectivity index (χ4v) is 1.59. The van der Waals surface area contributed by atoms with Crippen LogP contribution in [0.1, 0.15) is 31.0 Å². The van der Waals surface area contributed by atoms with Crippen molar-refractivity contribution in [2.75, 3.05) is 6.54 Å². The Morgan fingerprint density at radius 2 is 2.00 bits per heavy atom. The topological polar surface area (TPSA) is 12.0 Å². The molecule has 1 aromatic rings. The molecule has 82 valence electrons. The van der Waals surface area contributed by atoms with Crippen LogP contribution < -0.4 is 5.32 Å². The second-order valence-corrected chi connectivity index (χ2v) is 4.84. The van der Waals surface area contributed by atoms with Crippen LogP contribution in [0.15, 0.2) is 35.3 Å².